The normalized spacial score (nSPS) is 22.8. The van der Waals surface area contributed by atoms with Crippen LogP contribution in [-0.2, 0) is 0 Å². The van der Waals surface area contributed by atoms with Gasteiger partial charge in [-0.15, -0.1) is 0 Å². The molecule has 0 radical (unpaired) electrons. The Morgan fingerprint density at radius 3 is 2.93 bits per heavy atom. The van der Waals surface area contributed by atoms with Gasteiger partial charge in [-0.2, -0.15) is 0 Å². The molecule has 1 unspecified atom stereocenters. The molecular formula is C11H23N3. The second-order valence-electron chi connectivity index (χ2n) is 4.22. The first-order chi connectivity index (χ1) is 6.74. The average Bonchev–Trinajstić information content (AvgIpc) is 2.59. The van der Waals surface area contributed by atoms with Crippen molar-refractivity contribution in [3.8, 4) is 0 Å². The third-order valence-corrected chi connectivity index (χ3v) is 3.11. The average molecular weight is 197 g/mol. The number of rotatable bonds is 6. The van der Waals surface area contributed by atoms with Gasteiger partial charge in [0.05, 0.1) is 5.84 Å². The topological polar surface area (TPSA) is 53.1 Å². The van der Waals surface area contributed by atoms with Gasteiger partial charge in [0.25, 0.3) is 0 Å². The van der Waals surface area contributed by atoms with Crippen molar-refractivity contribution in [2.45, 2.75) is 51.5 Å². The fraction of sp³-hybridized carbons (Fsp3) is 0.909. The second kappa shape index (κ2) is 6.02. The largest absolute Gasteiger partial charge is 0.388 e. The van der Waals surface area contributed by atoms with E-state index < -0.39 is 0 Å². The van der Waals surface area contributed by atoms with Crippen LogP contribution in [0.3, 0.4) is 0 Å². The van der Waals surface area contributed by atoms with Crippen LogP contribution in [-0.4, -0.2) is 29.9 Å². The number of amidine groups is 1. The molecule has 0 aromatic heterocycles. The lowest BCUT2D eigenvalue weighted by molar-refractivity contribution is 0.244. The lowest BCUT2D eigenvalue weighted by atomic mass is 10.1. The molecule has 1 saturated heterocycles. The van der Waals surface area contributed by atoms with Crippen molar-refractivity contribution in [1.82, 2.24) is 4.90 Å². The molecule has 82 valence electrons. The van der Waals surface area contributed by atoms with Gasteiger partial charge >= 0.3 is 0 Å². The maximum absolute atomic E-state index is 7.12. The predicted octanol–water partition coefficient (Wildman–Crippen LogP) is 1.97. The predicted molar refractivity (Wildman–Crippen MR) is 60.7 cm³/mol. The van der Waals surface area contributed by atoms with E-state index in [-0.39, 0.29) is 0 Å². The van der Waals surface area contributed by atoms with Crippen LogP contribution in [0.5, 0.6) is 0 Å². The fourth-order valence-electron chi connectivity index (χ4n) is 2.28. The molecule has 0 aromatic carbocycles. The zero-order valence-electron chi connectivity index (χ0n) is 9.26. The molecule has 1 rings (SSSR count). The van der Waals surface area contributed by atoms with Gasteiger partial charge in [0.15, 0.2) is 0 Å². The molecule has 3 heteroatoms. The molecule has 1 fully saturated rings. The SMILES string of the molecule is CCC1CCCN1CCCCC(=N)N. The van der Waals surface area contributed by atoms with Crippen LogP contribution in [0.15, 0.2) is 0 Å². The van der Waals surface area contributed by atoms with Gasteiger partial charge in [-0.05, 0) is 45.2 Å². The molecule has 1 aliphatic rings. The minimum atomic E-state index is 0.332. The van der Waals surface area contributed by atoms with E-state index in [4.69, 9.17) is 11.1 Å². The van der Waals surface area contributed by atoms with E-state index in [0.717, 1.165) is 18.9 Å². The number of hydrogen-bond donors (Lipinski definition) is 2. The van der Waals surface area contributed by atoms with Crippen molar-refractivity contribution < 1.29 is 0 Å². The van der Waals surface area contributed by atoms with Crippen molar-refractivity contribution in [2.24, 2.45) is 5.73 Å². The van der Waals surface area contributed by atoms with E-state index in [1.165, 1.54) is 38.8 Å². The molecule has 0 saturated carbocycles. The summed E-state index contributed by atoms with van der Waals surface area (Å²) < 4.78 is 0. The Bertz CT molecular complexity index is 179. The zero-order valence-corrected chi connectivity index (χ0v) is 9.26. The number of nitrogens with one attached hydrogen (secondary N) is 1. The highest BCUT2D eigenvalue weighted by Gasteiger charge is 2.21. The molecule has 1 heterocycles. The summed E-state index contributed by atoms with van der Waals surface area (Å²) >= 11 is 0. The number of hydrogen-bond acceptors (Lipinski definition) is 2. The lowest BCUT2D eigenvalue weighted by Gasteiger charge is -2.22. The number of nitrogens with two attached hydrogens (primary N) is 1. The molecule has 0 aliphatic carbocycles. The third kappa shape index (κ3) is 3.66. The Kier molecular flexibility index (Phi) is 4.94. The van der Waals surface area contributed by atoms with Crippen molar-refractivity contribution >= 4 is 5.84 Å². The van der Waals surface area contributed by atoms with Crippen LogP contribution in [0.4, 0.5) is 0 Å². The zero-order chi connectivity index (χ0) is 10.4. The standard InChI is InChI=1S/C11H23N3/c1-2-10-6-5-9-14(10)8-4-3-7-11(12)13/h10H,2-9H2,1H3,(H3,12,13). The Balaban J connectivity index is 2.08. The second-order valence-corrected chi connectivity index (χ2v) is 4.22. The van der Waals surface area contributed by atoms with Gasteiger partial charge in [0, 0.05) is 12.5 Å². The number of nitrogens with zero attached hydrogens (tertiary/aromatic N) is 1. The first kappa shape index (κ1) is 11.5. The van der Waals surface area contributed by atoms with Crippen LogP contribution in [0.1, 0.15) is 45.4 Å². The Labute approximate surface area is 87.2 Å². The molecular weight excluding hydrogens is 174 g/mol. The molecule has 0 aromatic rings. The molecule has 1 aliphatic heterocycles. The van der Waals surface area contributed by atoms with Crippen LogP contribution in [0, 0.1) is 5.41 Å². The highest BCUT2D eigenvalue weighted by molar-refractivity contribution is 5.76. The Hall–Kier alpha value is -0.570. The van der Waals surface area contributed by atoms with E-state index >= 15 is 0 Å². The van der Waals surface area contributed by atoms with Crippen molar-refractivity contribution in [2.75, 3.05) is 13.1 Å². The summed E-state index contributed by atoms with van der Waals surface area (Å²) in [5.41, 5.74) is 5.31. The molecule has 1 atom stereocenters. The first-order valence-corrected chi connectivity index (χ1v) is 5.81. The molecule has 3 nitrogen and oxygen atoms in total. The summed E-state index contributed by atoms with van der Waals surface area (Å²) in [7, 11) is 0. The van der Waals surface area contributed by atoms with Crippen LogP contribution >= 0.6 is 0 Å². The summed E-state index contributed by atoms with van der Waals surface area (Å²) in [5, 5.41) is 7.12. The van der Waals surface area contributed by atoms with Crippen molar-refractivity contribution in [1.29, 1.82) is 5.41 Å². The van der Waals surface area contributed by atoms with E-state index in [1.807, 2.05) is 0 Å². The number of likely N-dealkylation sites (tertiary alicyclic amines) is 1. The van der Waals surface area contributed by atoms with Crippen LogP contribution in [0.25, 0.3) is 0 Å². The summed E-state index contributed by atoms with van der Waals surface area (Å²) in [6.45, 7) is 4.75. The van der Waals surface area contributed by atoms with Gasteiger partial charge in [-0.25, -0.2) is 0 Å². The quantitative estimate of drug-likeness (QED) is 0.388. The molecule has 3 N–H and O–H groups in total. The summed E-state index contributed by atoms with van der Waals surface area (Å²) in [6, 6.07) is 0.826. The van der Waals surface area contributed by atoms with E-state index in [2.05, 4.69) is 11.8 Å². The lowest BCUT2D eigenvalue weighted by Crippen LogP contribution is -2.29. The van der Waals surface area contributed by atoms with Gasteiger partial charge < -0.3 is 10.6 Å². The van der Waals surface area contributed by atoms with E-state index in [0.29, 0.717) is 5.84 Å². The highest BCUT2D eigenvalue weighted by atomic mass is 15.2. The fourth-order valence-corrected chi connectivity index (χ4v) is 2.28. The van der Waals surface area contributed by atoms with Crippen molar-refractivity contribution in [3.05, 3.63) is 0 Å². The van der Waals surface area contributed by atoms with Crippen molar-refractivity contribution in [3.63, 3.8) is 0 Å². The highest BCUT2D eigenvalue weighted by Crippen LogP contribution is 2.20. The maximum Gasteiger partial charge on any atom is 0.0905 e. The molecule has 14 heavy (non-hydrogen) atoms. The van der Waals surface area contributed by atoms with Gasteiger partial charge in [-0.3, -0.25) is 5.41 Å². The first-order valence-electron chi connectivity index (χ1n) is 5.81. The van der Waals surface area contributed by atoms with Crippen LogP contribution in [0.2, 0.25) is 0 Å². The molecule has 0 bridgehead atoms. The monoisotopic (exact) mass is 197 g/mol. The smallest absolute Gasteiger partial charge is 0.0905 e. The summed E-state index contributed by atoms with van der Waals surface area (Å²) in [5.74, 6) is 0.332. The summed E-state index contributed by atoms with van der Waals surface area (Å²) in [6.07, 6.45) is 7.06. The number of unbranched alkanes of at least 4 members (excludes halogenated alkanes) is 1. The Morgan fingerprint density at radius 1 is 1.50 bits per heavy atom. The van der Waals surface area contributed by atoms with E-state index in [9.17, 15) is 0 Å². The van der Waals surface area contributed by atoms with Gasteiger partial charge in [0.2, 0.25) is 0 Å². The van der Waals surface area contributed by atoms with Gasteiger partial charge in [0.1, 0.15) is 0 Å². The molecule has 0 amide bonds. The Morgan fingerprint density at radius 2 is 2.29 bits per heavy atom. The molecule has 0 spiro atoms. The minimum absolute atomic E-state index is 0.332. The summed E-state index contributed by atoms with van der Waals surface area (Å²) in [4.78, 5) is 2.60. The van der Waals surface area contributed by atoms with E-state index in [1.54, 1.807) is 0 Å². The minimum Gasteiger partial charge on any atom is -0.388 e. The third-order valence-electron chi connectivity index (χ3n) is 3.11. The maximum atomic E-state index is 7.12. The van der Waals surface area contributed by atoms with Crippen LogP contribution < -0.4 is 5.73 Å². The van der Waals surface area contributed by atoms with Gasteiger partial charge in [-0.1, -0.05) is 6.92 Å².